The number of rotatable bonds is 4. The lowest BCUT2D eigenvalue weighted by atomic mass is 10.3. The molecule has 8 heteroatoms. The first-order valence-electron chi connectivity index (χ1n) is 6.02. The van der Waals surface area contributed by atoms with Crippen molar-refractivity contribution >= 4 is 27.4 Å². The molecular formula is C13H11BrF3N3O. The molecule has 1 aromatic heterocycles. The minimum absolute atomic E-state index is 0.272. The summed E-state index contributed by atoms with van der Waals surface area (Å²) in [5.41, 5.74) is 0.595. The molecule has 0 radical (unpaired) electrons. The van der Waals surface area contributed by atoms with Crippen molar-refractivity contribution in [1.82, 2.24) is 9.97 Å². The molecule has 0 saturated heterocycles. The molecule has 0 fully saturated rings. The number of nitrogens with zero attached hydrogens (tertiary/aromatic N) is 2. The van der Waals surface area contributed by atoms with Crippen LogP contribution in [0.1, 0.15) is 12.7 Å². The number of aromatic nitrogens is 2. The molecule has 112 valence electrons. The zero-order valence-electron chi connectivity index (χ0n) is 10.9. The maximum absolute atomic E-state index is 12.1. The van der Waals surface area contributed by atoms with Crippen LogP contribution in [-0.2, 0) is 6.42 Å². The van der Waals surface area contributed by atoms with Crippen LogP contribution in [-0.4, -0.2) is 16.3 Å². The largest absolute Gasteiger partial charge is 0.573 e. The zero-order valence-corrected chi connectivity index (χ0v) is 12.5. The molecule has 4 nitrogen and oxygen atoms in total. The van der Waals surface area contributed by atoms with Gasteiger partial charge in [-0.1, -0.05) is 6.92 Å². The van der Waals surface area contributed by atoms with Gasteiger partial charge < -0.3 is 10.1 Å². The Morgan fingerprint density at radius 2 is 1.86 bits per heavy atom. The standard InChI is InChI=1S/C13H11BrF3N3O/c1-2-11-19-10(14)7-12(20-11)18-8-3-5-9(6-4-8)21-13(15,16)17/h3-7H,2H2,1H3,(H,18,19,20). The summed E-state index contributed by atoms with van der Waals surface area (Å²) in [5, 5.41) is 2.99. The number of alkyl halides is 3. The van der Waals surface area contributed by atoms with E-state index in [4.69, 9.17) is 0 Å². The van der Waals surface area contributed by atoms with Crippen LogP contribution in [0.3, 0.4) is 0 Å². The number of aryl methyl sites for hydroxylation is 1. The lowest BCUT2D eigenvalue weighted by Gasteiger charge is -2.10. The van der Waals surface area contributed by atoms with Gasteiger partial charge in [-0.15, -0.1) is 13.2 Å². The van der Waals surface area contributed by atoms with E-state index < -0.39 is 6.36 Å². The fourth-order valence-electron chi connectivity index (χ4n) is 1.57. The van der Waals surface area contributed by atoms with E-state index in [0.717, 1.165) is 0 Å². The summed E-state index contributed by atoms with van der Waals surface area (Å²) in [7, 11) is 0. The Balaban J connectivity index is 2.11. The third kappa shape index (κ3) is 4.89. The summed E-state index contributed by atoms with van der Waals surface area (Å²) in [6.07, 6.45) is -4.02. The summed E-state index contributed by atoms with van der Waals surface area (Å²) in [5.74, 6) is 0.938. The lowest BCUT2D eigenvalue weighted by molar-refractivity contribution is -0.274. The fourth-order valence-corrected chi connectivity index (χ4v) is 2.00. The molecule has 0 aliphatic heterocycles. The first-order chi connectivity index (χ1) is 9.85. The van der Waals surface area contributed by atoms with E-state index in [0.29, 0.717) is 28.4 Å². The van der Waals surface area contributed by atoms with Gasteiger partial charge in [0.2, 0.25) is 0 Å². The number of anilines is 2. The molecule has 0 atom stereocenters. The molecule has 0 aliphatic rings. The molecule has 0 saturated carbocycles. The normalized spacial score (nSPS) is 11.3. The number of halogens is 4. The minimum Gasteiger partial charge on any atom is -0.406 e. The Labute approximate surface area is 127 Å². The maximum Gasteiger partial charge on any atom is 0.573 e. The SMILES string of the molecule is CCc1nc(Br)cc(Nc2ccc(OC(F)(F)F)cc2)n1. The van der Waals surface area contributed by atoms with Gasteiger partial charge in [-0.25, -0.2) is 9.97 Å². The molecule has 1 aromatic carbocycles. The van der Waals surface area contributed by atoms with Gasteiger partial charge in [0.05, 0.1) is 0 Å². The van der Waals surface area contributed by atoms with E-state index in [-0.39, 0.29) is 5.75 Å². The van der Waals surface area contributed by atoms with E-state index in [1.165, 1.54) is 24.3 Å². The van der Waals surface area contributed by atoms with E-state index in [1.54, 1.807) is 6.07 Å². The third-order valence-corrected chi connectivity index (χ3v) is 2.82. The molecule has 1 heterocycles. The van der Waals surface area contributed by atoms with Gasteiger partial charge in [-0.2, -0.15) is 0 Å². The topological polar surface area (TPSA) is 47.0 Å². The van der Waals surface area contributed by atoms with Crippen LogP contribution in [0.25, 0.3) is 0 Å². The second kappa shape index (κ2) is 6.30. The van der Waals surface area contributed by atoms with Gasteiger partial charge in [0.25, 0.3) is 0 Å². The van der Waals surface area contributed by atoms with Crippen LogP contribution in [0.15, 0.2) is 34.9 Å². The molecule has 0 bridgehead atoms. The maximum atomic E-state index is 12.1. The summed E-state index contributed by atoms with van der Waals surface area (Å²) in [6, 6.07) is 7.09. The van der Waals surface area contributed by atoms with Crippen molar-refractivity contribution in [3.63, 3.8) is 0 Å². The van der Waals surface area contributed by atoms with Crippen LogP contribution < -0.4 is 10.1 Å². The van der Waals surface area contributed by atoms with Crippen molar-refractivity contribution in [3.8, 4) is 5.75 Å². The summed E-state index contributed by atoms with van der Waals surface area (Å²) < 4.78 is 40.6. The Morgan fingerprint density at radius 3 is 2.43 bits per heavy atom. The van der Waals surface area contributed by atoms with Gasteiger partial charge in [0, 0.05) is 18.2 Å². The average Bonchev–Trinajstić information content (AvgIpc) is 2.38. The van der Waals surface area contributed by atoms with Gasteiger partial charge in [0.1, 0.15) is 22.0 Å². The Hall–Kier alpha value is -1.83. The molecule has 0 amide bonds. The molecule has 0 aliphatic carbocycles. The van der Waals surface area contributed by atoms with E-state index in [2.05, 4.69) is 36.0 Å². The zero-order chi connectivity index (χ0) is 15.5. The second-order valence-corrected chi connectivity index (χ2v) is 4.86. The highest BCUT2D eigenvalue weighted by Gasteiger charge is 2.30. The number of hydrogen-bond donors (Lipinski definition) is 1. The van der Waals surface area contributed by atoms with E-state index in [9.17, 15) is 13.2 Å². The van der Waals surface area contributed by atoms with Crippen LogP contribution in [0.2, 0.25) is 0 Å². The van der Waals surface area contributed by atoms with Gasteiger partial charge in [0.15, 0.2) is 0 Å². The highest BCUT2D eigenvalue weighted by molar-refractivity contribution is 9.10. The van der Waals surface area contributed by atoms with Crippen molar-refractivity contribution in [1.29, 1.82) is 0 Å². The summed E-state index contributed by atoms with van der Waals surface area (Å²) in [4.78, 5) is 8.43. The predicted octanol–water partition coefficient (Wildman–Crippen LogP) is 4.44. The van der Waals surface area contributed by atoms with Crippen molar-refractivity contribution in [2.24, 2.45) is 0 Å². The van der Waals surface area contributed by atoms with Crippen LogP contribution in [0.5, 0.6) is 5.75 Å². The first-order valence-corrected chi connectivity index (χ1v) is 6.81. The van der Waals surface area contributed by atoms with Gasteiger partial charge in [-0.3, -0.25) is 0 Å². The van der Waals surface area contributed by atoms with E-state index >= 15 is 0 Å². The molecular weight excluding hydrogens is 351 g/mol. The molecule has 1 N–H and O–H groups in total. The van der Waals surface area contributed by atoms with Gasteiger partial charge in [-0.05, 0) is 40.2 Å². The fraction of sp³-hybridized carbons (Fsp3) is 0.231. The van der Waals surface area contributed by atoms with Crippen LogP contribution in [0.4, 0.5) is 24.7 Å². The van der Waals surface area contributed by atoms with Crippen LogP contribution in [0, 0.1) is 0 Å². The lowest BCUT2D eigenvalue weighted by Crippen LogP contribution is -2.16. The number of nitrogens with one attached hydrogen (secondary N) is 1. The van der Waals surface area contributed by atoms with Crippen molar-refractivity contribution in [2.45, 2.75) is 19.7 Å². The molecule has 0 spiro atoms. The first kappa shape index (κ1) is 15.6. The smallest absolute Gasteiger partial charge is 0.406 e. The third-order valence-electron chi connectivity index (χ3n) is 2.42. The van der Waals surface area contributed by atoms with Crippen molar-refractivity contribution in [3.05, 3.63) is 40.8 Å². The summed E-state index contributed by atoms with van der Waals surface area (Å²) >= 11 is 3.28. The molecule has 21 heavy (non-hydrogen) atoms. The van der Waals surface area contributed by atoms with E-state index in [1.807, 2.05) is 6.92 Å². The number of benzene rings is 1. The quantitative estimate of drug-likeness (QED) is 0.817. The number of ether oxygens (including phenoxy) is 1. The molecule has 2 aromatic rings. The Kier molecular flexibility index (Phi) is 4.66. The average molecular weight is 362 g/mol. The highest BCUT2D eigenvalue weighted by Crippen LogP contribution is 2.25. The monoisotopic (exact) mass is 361 g/mol. The number of hydrogen-bond acceptors (Lipinski definition) is 4. The molecule has 0 unspecified atom stereocenters. The van der Waals surface area contributed by atoms with Gasteiger partial charge >= 0.3 is 6.36 Å². The minimum atomic E-state index is -4.69. The Morgan fingerprint density at radius 1 is 1.19 bits per heavy atom. The predicted molar refractivity (Wildman–Crippen MR) is 75.5 cm³/mol. The van der Waals surface area contributed by atoms with Crippen molar-refractivity contribution in [2.75, 3.05) is 5.32 Å². The highest BCUT2D eigenvalue weighted by atomic mass is 79.9. The van der Waals surface area contributed by atoms with Crippen LogP contribution >= 0.6 is 15.9 Å². The summed E-state index contributed by atoms with van der Waals surface area (Å²) in [6.45, 7) is 1.93. The van der Waals surface area contributed by atoms with Crippen molar-refractivity contribution < 1.29 is 17.9 Å². The molecule has 2 rings (SSSR count). The Bertz CT molecular complexity index is 617. The second-order valence-electron chi connectivity index (χ2n) is 4.04.